The molecule has 0 unspecified atom stereocenters. The van der Waals surface area contributed by atoms with Gasteiger partial charge < -0.3 is 10.1 Å². The molecule has 0 aliphatic heterocycles. The van der Waals surface area contributed by atoms with Crippen LogP contribution in [0.4, 0.5) is 5.82 Å². The molecule has 0 spiro atoms. The molecule has 1 rings (SSSR count). The van der Waals surface area contributed by atoms with Crippen LogP contribution in [0.1, 0.15) is 33.5 Å². The fourth-order valence-corrected chi connectivity index (χ4v) is 1.42. The van der Waals surface area contributed by atoms with E-state index in [4.69, 9.17) is 4.74 Å². The molecule has 0 saturated heterocycles. The number of hydrogen-bond acceptors (Lipinski definition) is 4. The predicted octanol–water partition coefficient (Wildman–Crippen LogP) is 2.51. The zero-order valence-corrected chi connectivity index (χ0v) is 10.6. The maximum absolute atomic E-state index is 5.42. The first-order chi connectivity index (χ1) is 7.65. The summed E-state index contributed by atoms with van der Waals surface area (Å²) < 4.78 is 5.42. The smallest absolute Gasteiger partial charge is 0.218 e. The van der Waals surface area contributed by atoms with E-state index in [-0.39, 0.29) is 0 Å². The van der Waals surface area contributed by atoms with E-state index in [1.54, 1.807) is 0 Å². The third kappa shape index (κ3) is 4.04. The Labute approximate surface area is 97.5 Å². The molecule has 4 heteroatoms. The Morgan fingerprint density at radius 2 is 2.06 bits per heavy atom. The Balaban J connectivity index is 2.88. The largest absolute Gasteiger partial charge is 0.478 e. The Morgan fingerprint density at radius 3 is 2.62 bits per heavy atom. The monoisotopic (exact) mass is 223 g/mol. The molecular weight excluding hydrogens is 202 g/mol. The van der Waals surface area contributed by atoms with Crippen molar-refractivity contribution in [3.8, 4) is 5.88 Å². The van der Waals surface area contributed by atoms with Crippen LogP contribution in [0.25, 0.3) is 0 Å². The van der Waals surface area contributed by atoms with Gasteiger partial charge in [0.05, 0.1) is 6.61 Å². The fraction of sp³-hybridized carbons (Fsp3) is 0.667. The molecule has 1 aromatic rings. The van der Waals surface area contributed by atoms with E-state index in [0.29, 0.717) is 18.4 Å². The van der Waals surface area contributed by atoms with Crippen molar-refractivity contribution in [2.45, 2.75) is 34.1 Å². The highest BCUT2D eigenvalue weighted by atomic mass is 16.5. The lowest BCUT2D eigenvalue weighted by Crippen LogP contribution is -2.07. The van der Waals surface area contributed by atoms with Crippen molar-refractivity contribution in [3.05, 3.63) is 11.9 Å². The molecule has 0 amide bonds. The highest BCUT2D eigenvalue weighted by molar-refractivity contribution is 5.38. The highest BCUT2D eigenvalue weighted by Gasteiger charge is 2.06. The quantitative estimate of drug-likeness (QED) is 0.805. The first-order valence-corrected chi connectivity index (χ1v) is 5.90. The van der Waals surface area contributed by atoms with Crippen LogP contribution in [0.15, 0.2) is 6.07 Å². The summed E-state index contributed by atoms with van der Waals surface area (Å²) in [7, 11) is 0. The number of nitrogens with zero attached hydrogens (tertiary/aromatic N) is 2. The first kappa shape index (κ1) is 12.7. The van der Waals surface area contributed by atoms with Crippen molar-refractivity contribution in [1.29, 1.82) is 0 Å². The second-order valence-electron chi connectivity index (χ2n) is 4.07. The average Bonchev–Trinajstić information content (AvgIpc) is 2.17. The summed E-state index contributed by atoms with van der Waals surface area (Å²) >= 11 is 0. The van der Waals surface area contributed by atoms with Crippen LogP contribution in [-0.2, 0) is 6.42 Å². The third-order valence-corrected chi connectivity index (χ3v) is 1.99. The van der Waals surface area contributed by atoms with Crippen LogP contribution in [-0.4, -0.2) is 23.1 Å². The predicted molar refractivity (Wildman–Crippen MR) is 65.9 cm³/mol. The number of ether oxygens (including phenoxy) is 1. The molecule has 1 heterocycles. The normalized spacial score (nSPS) is 10.6. The van der Waals surface area contributed by atoms with Crippen molar-refractivity contribution in [3.63, 3.8) is 0 Å². The van der Waals surface area contributed by atoms with Gasteiger partial charge in [0, 0.05) is 19.0 Å². The second kappa shape index (κ2) is 6.30. The van der Waals surface area contributed by atoms with E-state index in [1.807, 2.05) is 19.9 Å². The van der Waals surface area contributed by atoms with Crippen LogP contribution in [0.2, 0.25) is 0 Å². The van der Waals surface area contributed by atoms with Gasteiger partial charge in [0.25, 0.3) is 0 Å². The maximum atomic E-state index is 5.42. The summed E-state index contributed by atoms with van der Waals surface area (Å²) in [6.07, 6.45) is 0.874. The maximum Gasteiger partial charge on any atom is 0.218 e. The number of rotatable bonds is 6. The van der Waals surface area contributed by atoms with E-state index in [2.05, 4.69) is 29.1 Å². The highest BCUT2D eigenvalue weighted by Crippen LogP contribution is 2.15. The summed E-state index contributed by atoms with van der Waals surface area (Å²) in [5, 5.41) is 3.19. The van der Waals surface area contributed by atoms with E-state index in [9.17, 15) is 0 Å². The standard InChI is InChI=1S/C12H21N3O/c1-5-13-10-8-12(16-6-2)15-11(14-10)7-9(3)4/h8-9H,5-7H2,1-4H3,(H,13,14,15). The summed E-state index contributed by atoms with van der Waals surface area (Å²) in [6.45, 7) is 9.79. The molecule has 0 saturated carbocycles. The Kier molecular flexibility index (Phi) is 5.02. The summed E-state index contributed by atoms with van der Waals surface area (Å²) in [6, 6.07) is 1.84. The summed E-state index contributed by atoms with van der Waals surface area (Å²) in [5.41, 5.74) is 0. The van der Waals surface area contributed by atoms with Gasteiger partial charge in [-0.1, -0.05) is 13.8 Å². The molecule has 0 fully saturated rings. The lowest BCUT2D eigenvalue weighted by molar-refractivity contribution is 0.324. The molecule has 0 aliphatic carbocycles. The summed E-state index contributed by atoms with van der Waals surface area (Å²) in [4.78, 5) is 8.82. The van der Waals surface area contributed by atoms with Crippen LogP contribution < -0.4 is 10.1 Å². The minimum atomic E-state index is 0.548. The minimum Gasteiger partial charge on any atom is -0.478 e. The van der Waals surface area contributed by atoms with E-state index < -0.39 is 0 Å². The van der Waals surface area contributed by atoms with Gasteiger partial charge in [-0.3, -0.25) is 0 Å². The van der Waals surface area contributed by atoms with Gasteiger partial charge in [0.2, 0.25) is 5.88 Å². The molecule has 0 bridgehead atoms. The van der Waals surface area contributed by atoms with Crippen LogP contribution in [0, 0.1) is 5.92 Å². The Morgan fingerprint density at radius 1 is 1.31 bits per heavy atom. The zero-order chi connectivity index (χ0) is 12.0. The van der Waals surface area contributed by atoms with Gasteiger partial charge in [-0.15, -0.1) is 0 Å². The van der Waals surface area contributed by atoms with Crippen LogP contribution >= 0.6 is 0 Å². The lowest BCUT2D eigenvalue weighted by atomic mass is 10.1. The molecule has 0 atom stereocenters. The van der Waals surface area contributed by atoms with Gasteiger partial charge in [0.1, 0.15) is 11.6 Å². The molecule has 0 radical (unpaired) electrons. The third-order valence-electron chi connectivity index (χ3n) is 1.99. The summed E-state index contributed by atoms with van der Waals surface area (Å²) in [5.74, 6) is 2.89. The molecule has 16 heavy (non-hydrogen) atoms. The van der Waals surface area contributed by atoms with Gasteiger partial charge in [-0.05, 0) is 19.8 Å². The second-order valence-corrected chi connectivity index (χ2v) is 4.07. The van der Waals surface area contributed by atoms with Gasteiger partial charge in [-0.25, -0.2) is 4.98 Å². The van der Waals surface area contributed by atoms with Crippen LogP contribution in [0.5, 0.6) is 5.88 Å². The lowest BCUT2D eigenvalue weighted by Gasteiger charge is -2.10. The number of anilines is 1. The molecule has 1 aromatic heterocycles. The van der Waals surface area contributed by atoms with Crippen molar-refractivity contribution in [1.82, 2.24) is 9.97 Å². The Hall–Kier alpha value is -1.32. The molecule has 0 aromatic carbocycles. The molecule has 4 nitrogen and oxygen atoms in total. The molecule has 1 N–H and O–H groups in total. The van der Waals surface area contributed by atoms with Crippen LogP contribution in [0.3, 0.4) is 0 Å². The van der Waals surface area contributed by atoms with E-state index in [1.165, 1.54) is 0 Å². The molecular formula is C12H21N3O. The zero-order valence-electron chi connectivity index (χ0n) is 10.6. The molecule has 90 valence electrons. The molecule has 0 aliphatic rings. The first-order valence-electron chi connectivity index (χ1n) is 5.90. The minimum absolute atomic E-state index is 0.548. The number of hydrogen-bond donors (Lipinski definition) is 1. The van der Waals surface area contributed by atoms with Crippen molar-refractivity contribution >= 4 is 5.82 Å². The van der Waals surface area contributed by atoms with Gasteiger partial charge >= 0.3 is 0 Å². The van der Waals surface area contributed by atoms with E-state index in [0.717, 1.165) is 24.6 Å². The van der Waals surface area contributed by atoms with E-state index >= 15 is 0 Å². The Bertz CT molecular complexity index is 302. The van der Waals surface area contributed by atoms with Crippen molar-refractivity contribution < 1.29 is 4.74 Å². The van der Waals surface area contributed by atoms with Crippen molar-refractivity contribution in [2.75, 3.05) is 18.5 Å². The van der Waals surface area contributed by atoms with Gasteiger partial charge in [0.15, 0.2) is 0 Å². The number of aromatic nitrogens is 2. The number of nitrogens with one attached hydrogen (secondary N) is 1. The van der Waals surface area contributed by atoms with Gasteiger partial charge in [-0.2, -0.15) is 4.98 Å². The topological polar surface area (TPSA) is 47.0 Å². The SMILES string of the molecule is CCNc1cc(OCC)nc(CC(C)C)n1. The fourth-order valence-electron chi connectivity index (χ4n) is 1.42. The van der Waals surface area contributed by atoms with Crippen molar-refractivity contribution in [2.24, 2.45) is 5.92 Å². The average molecular weight is 223 g/mol.